The van der Waals surface area contributed by atoms with Crippen molar-refractivity contribution in [3.8, 4) is 0 Å². The summed E-state index contributed by atoms with van der Waals surface area (Å²) in [6.07, 6.45) is 6.96. The van der Waals surface area contributed by atoms with Gasteiger partial charge in [-0.3, -0.25) is 9.97 Å². The van der Waals surface area contributed by atoms with Crippen LogP contribution in [0.4, 0.5) is 0 Å². The molecular weight excluding hydrogens is 286 g/mol. The van der Waals surface area contributed by atoms with Crippen LogP contribution < -0.4 is 0 Å². The molecule has 0 amide bonds. The van der Waals surface area contributed by atoms with Gasteiger partial charge in [-0.15, -0.1) is 0 Å². The monoisotopic (exact) mass is 295 g/mol. The van der Waals surface area contributed by atoms with Crippen LogP contribution in [0.2, 0.25) is 0 Å². The van der Waals surface area contributed by atoms with Crippen molar-refractivity contribution in [1.29, 1.82) is 0 Å². The summed E-state index contributed by atoms with van der Waals surface area (Å²) < 4.78 is 1.01. The Morgan fingerprint density at radius 2 is 2.12 bits per heavy atom. The van der Waals surface area contributed by atoms with Gasteiger partial charge in [0.25, 0.3) is 0 Å². The predicted octanol–water partition coefficient (Wildman–Crippen LogP) is 3.49. The van der Waals surface area contributed by atoms with Gasteiger partial charge in [0.15, 0.2) is 0 Å². The van der Waals surface area contributed by atoms with Crippen molar-refractivity contribution < 1.29 is 0 Å². The highest BCUT2D eigenvalue weighted by Gasteiger charge is 2.11. The quantitative estimate of drug-likeness (QED) is 0.813. The fourth-order valence-electron chi connectivity index (χ4n) is 1.21. The zero-order chi connectivity index (χ0) is 11.4. The van der Waals surface area contributed by atoms with E-state index in [1.165, 1.54) is 0 Å². The molecule has 0 aliphatic rings. The van der Waals surface area contributed by atoms with Crippen molar-refractivity contribution >= 4 is 27.7 Å². The van der Waals surface area contributed by atoms with Gasteiger partial charge in [0, 0.05) is 29.3 Å². The molecule has 0 aromatic carbocycles. The van der Waals surface area contributed by atoms with Crippen LogP contribution in [-0.2, 0) is 0 Å². The number of hydrogen-bond donors (Lipinski definition) is 0. The molecule has 0 spiro atoms. The number of rotatable bonds is 3. The number of hydrogen-bond acceptors (Lipinski definition) is 4. The van der Waals surface area contributed by atoms with Crippen LogP contribution in [0.15, 0.2) is 46.4 Å². The van der Waals surface area contributed by atoms with E-state index in [1.807, 2.05) is 12.1 Å². The standard InChI is InChI=1S/C11H10BrN3S/c1-8(10-7-13-5-6-14-10)16-11-9(12)3-2-4-15-11/h2-8H,1H3/t8-/m0/s1. The maximum absolute atomic E-state index is 4.31. The first-order valence-corrected chi connectivity index (χ1v) is 6.47. The molecule has 82 valence electrons. The van der Waals surface area contributed by atoms with Crippen LogP contribution in [0.25, 0.3) is 0 Å². The van der Waals surface area contributed by atoms with Gasteiger partial charge in [0.2, 0.25) is 0 Å². The molecule has 16 heavy (non-hydrogen) atoms. The second-order valence-electron chi connectivity index (χ2n) is 3.18. The van der Waals surface area contributed by atoms with E-state index in [1.54, 1.807) is 36.5 Å². The molecule has 0 aliphatic carbocycles. The molecular formula is C11H10BrN3S. The van der Waals surface area contributed by atoms with Crippen molar-refractivity contribution in [3.05, 3.63) is 47.1 Å². The van der Waals surface area contributed by atoms with Crippen LogP contribution in [0.1, 0.15) is 17.9 Å². The molecule has 0 saturated heterocycles. The van der Waals surface area contributed by atoms with Crippen molar-refractivity contribution in [2.24, 2.45) is 0 Å². The highest BCUT2D eigenvalue weighted by Crippen LogP contribution is 2.35. The fraction of sp³-hybridized carbons (Fsp3) is 0.182. The first-order chi connectivity index (χ1) is 7.77. The molecule has 0 unspecified atom stereocenters. The summed E-state index contributed by atoms with van der Waals surface area (Å²) in [5.41, 5.74) is 0.963. The van der Waals surface area contributed by atoms with E-state index in [2.05, 4.69) is 37.8 Å². The second kappa shape index (κ2) is 5.41. The molecule has 5 heteroatoms. The van der Waals surface area contributed by atoms with E-state index >= 15 is 0 Å². The van der Waals surface area contributed by atoms with Gasteiger partial charge in [0.05, 0.1) is 10.9 Å². The van der Waals surface area contributed by atoms with Gasteiger partial charge < -0.3 is 0 Å². The Bertz CT molecular complexity index is 464. The minimum Gasteiger partial charge on any atom is -0.261 e. The average Bonchev–Trinajstić information content (AvgIpc) is 2.33. The Kier molecular flexibility index (Phi) is 3.90. The van der Waals surface area contributed by atoms with Crippen molar-refractivity contribution in [3.63, 3.8) is 0 Å². The van der Waals surface area contributed by atoms with Crippen LogP contribution >= 0.6 is 27.7 Å². The van der Waals surface area contributed by atoms with E-state index in [0.29, 0.717) is 0 Å². The highest BCUT2D eigenvalue weighted by atomic mass is 79.9. The van der Waals surface area contributed by atoms with Gasteiger partial charge in [-0.1, -0.05) is 11.8 Å². The largest absolute Gasteiger partial charge is 0.261 e. The molecule has 2 aromatic rings. The lowest BCUT2D eigenvalue weighted by atomic mass is 10.3. The molecule has 0 bridgehead atoms. The van der Waals surface area contributed by atoms with Crippen molar-refractivity contribution in [1.82, 2.24) is 15.0 Å². The van der Waals surface area contributed by atoms with Crippen molar-refractivity contribution in [2.75, 3.05) is 0 Å². The van der Waals surface area contributed by atoms with Gasteiger partial charge >= 0.3 is 0 Å². The lowest BCUT2D eigenvalue weighted by Gasteiger charge is -2.09. The van der Waals surface area contributed by atoms with Gasteiger partial charge in [-0.2, -0.15) is 0 Å². The van der Waals surface area contributed by atoms with Gasteiger partial charge in [-0.25, -0.2) is 4.98 Å². The Balaban J connectivity index is 2.14. The van der Waals surface area contributed by atoms with Gasteiger partial charge in [0.1, 0.15) is 5.03 Å². The smallest absolute Gasteiger partial charge is 0.111 e. The van der Waals surface area contributed by atoms with E-state index in [0.717, 1.165) is 15.2 Å². The summed E-state index contributed by atoms with van der Waals surface area (Å²) in [6, 6.07) is 3.89. The summed E-state index contributed by atoms with van der Waals surface area (Å²) in [6.45, 7) is 2.09. The molecule has 0 fully saturated rings. The Morgan fingerprint density at radius 3 is 2.81 bits per heavy atom. The summed E-state index contributed by atoms with van der Waals surface area (Å²) in [7, 11) is 0. The molecule has 0 radical (unpaired) electrons. The summed E-state index contributed by atoms with van der Waals surface area (Å²) in [5, 5.41) is 1.21. The van der Waals surface area contributed by atoms with Gasteiger partial charge in [-0.05, 0) is 35.0 Å². The third kappa shape index (κ3) is 2.80. The lowest BCUT2D eigenvalue weighted by Crippen LogP contribution is -1.94. The summed E-state index contributed by atoms with van der Waals surface area (Å²) in [4.78, 5) is 12.7. The number of aromatic nitrogens is 3. The number of nitrogens with zero attached hydrogens (tertiary/aromatic N) is 3. The molecule has 0 N–H and O–H groups in total. The molecule has 3 nitrogen and oxygen atoms in total. The number of halogens is 1. The maximum atomic E-state index is 4.31. The van der Waals surface area contributed by atoms with E-state index in [-0.39, 0.29) is 5.25 Å². The van der Waals surface area contributed by atoms with E-state index in [4.69, 9.17) is 0 Å². The summed E-state index contributed by atoms with van der Waals surface area (Å²) in [5.74, 6) is 0. The van der Waals surface area contributed by atoms with Crippen molar-refractivity contribution in [2.45, 2.75) is 17.2 Å². The Labute approximate surface area is 107 Å². The molecule has 2 heterocycles. The average molecular weight is 296 g/mol. The number of thioether (sulfide) groups is 1. The second-order valence-corrected chi connectivity index (χ2v) is 5.36. The van der Waals surface area contributed by atoms with E-state index in [9.17, 15) is 0 Å². The van der Waals surface area contributed by atoms with E-state index < -0.39 is 0 Å². The number of pyridine rings is 1. The third-order valence-corrected chi connectivity index (χ3v) is 4.06. The highest BCUT2D eigenvalue weighted by molar-refractivity contribution is 9.10. The first-order valence-electron chi connectivity index (χ1n) is 4.80. The molecule has 2 aromatic heterocycles. The zero-order valence-corrected chi connectivity index (χ0v) is 11.1. The summed E-state index contributed by atoms with van der Waals surface area (Å²) >= 11 is 5.14. The Hall–Kier alpha value is -0.940. The first kappa shape index (κ1) is 11.5. The normalized spacial score (nSPS) is 12.4. The minimum absolute atomic E-state index is 0.236. The molecule has 0 aliphatic heterocycles. The SMILES string of the molecule is C[C@H](Sc1ncccc1Br)c1cnccn1. The van der Waals surface area contributed by atoms with Crippen LogP contribution in [0.5, 0.6) is 0 Å². The maximum Gasteiger partial charge on any atom is 0.111 e. The molecule has 0 saturated carbocycles. The van der Waals surface area contributed by atoms with Crippen LogP contribution in [-0.4, -0.2) is 15.0 Å². The molecule has 1 atom stereocenters. The van der Waals surface area contributed by atoms with Crippen LogP contribution in [0.3, 0.4) is 0 Å². The predicted molar refractivity (Wildman–Crippen MR) is 68.2 cm³/mol. The third-order valence-electron chi connectivity index (χ3n) is 2.01. The Morgan fingerprint density at radius 1 is 1.25 bits per heavy atom. The topological polar surface area (TPSA) is 38.7 Å². The fourth-order valence-corrected chi connectivity index (χ4v) is 2.62. The minimum atomic E-state index is 0.236. The molecule has 2 rings (SSSR count). The van der Waals surface area contributed by atoms with Crippen LogP contribution in [0, 0.1) is 0 Å². The zero-order valence-electron chi connectivity index (χ0n) is 8.67. The lowest BCUT2D eigenvalue weighted by molar-refractivity contribution is 0.966.